The standard InChI is InChI=1S/C19H18N6/c1-2-25-7-5-14-15(8-20)18(23)19(11-21,12-22)17(16(14)10-25)13-4-3-6-24-9-13/h3-6,9,15-17,23H,2,7,10H2,1H3/t15?,16-,17+/m1/s1. The highest BCUT2D eigenvalue weighted by Gasteiger charge is 2.57. The van der Waals surface area contributed by atoms with Gasteiger partial charge in [-0.1, -0.05) is 19.1 Å². The number of rotatable bonds is 2. The Bertz CT molecular complexity index is 821. The molecular formula is C19H18N6. The number of aromatic nitrogens is 1. The first-order valence-corrected chi connectivity index (χ1v) is 8.26. The van der Waals surface area contributed by atoms with E-state index in [1.807, 2.05) is 12.1 Å². The van der Waals surface area contributed by atoms with Gasteiger partial charge in [0, 0.05) is 37.3 Å². The van der Waals surface area contributed by atoms with Gasteiger partial charge in [-0.2, -0.15) is 15.8 Å². The highest BCUT2D eigenvalue weighted by molar-refractivity contribution is 6.00. The Labute approximate surface area is 147 Å². The Morgan fingerprint density at radius 3 is 2.68 bits per heavy atom. The number of fused-ring (bicyclic) bond motifs is 1. The van der Waals surface area contributed by atoms with Crippen LogP contribution in [-0.4, -0.2) is 35.2 Å². The fraction of sp³-hybridized carbons (Fsp3) is 0.421. The first-order chi connectivity index (χ1) is 12.1. The minimum absolute atomic E-state index is 0.110. The van der Waals surface area contributed by atoms with E-state index in [0.29, 0.717) is 6.54 Å². The maximum Gasteiger partial charge on any atom is 0.189 e. The van der Waals surface area contributed by atoms with E-state index >= 15 is 0 Å². The van der Waals surface area contributed by atoms with Crippen LogP contribution in [0, 0.1) is 56.7 Å². The van der Waals surface area contributed by atoms with Crippen LogP contribution in [0.15, 0.2) is 36.2 Å². The van der Waals surface area contributed by atoms with E-state index in [0.717, 1.165) is 24.2 Å². The molecule has 3 rings (SSSR count). The number of nitrogens with zero attached hydrogens (tertiary/aromatic N) is 5. The van der Waals surface area contributed by atoms with Gasteiger partial charge in [-0.05, 0) is 23.7 Å². The molecule has 124 valence electrons. The Morgan fingerprint density at radius 1 is 1.36 bits per heavy atom. The van der Waals surface area contributed by atoms with E-state index in [-0.39, 0.29) is 11.6 Å². The van der Waals surface area contributed by atoms with Crippen molar-refractivity contribution < 1.29 is 0 Å². The molecule has 6 heteroatoms. The molecule has 0 spiro atoms. The largest absolute Gasteiger partial charge is 0.305 e. The van der Waals surface area contributed by atoms with Crippen molar-refractivity contribution in [1.29, 1.82) is 21.2 Å². The van der Waals surface area contributed by atoms with Crippen molar-refractivity contribution in [3.63, 3.8) is 0 Å². The molecule has 1 aliphatic heterocycles. The molecule has 0 radical (unpaired) electrons. The molecule has 1 unspecified atom stereocenters. The Morgan fingerprint density at radius 2 is 2.12 bits per heavy atom. The van der Waals surface area contributed by atoms with Crippen LogP contribution in [0.25, 0.3) is 0 Å². The minimum atomic E-state index is -1.65. The number of nitrogens with one attached hydrogen (secondary N) is 1. The molecular weight excluding hydrogens is 312 g/mol. The van der Waals surface area contributed by atoms with E-state index in [1.165, 1.54) is 0 Å². The molecule has 25 heavy (non-hydrogen) atoms. The van der Waals surface area contributed by atoms with Crippen LogP contribution in [0.4, 0.5) is 0 Å². The van der Waals surface area contributed by atoms with Gasteiger partial charge in [-0.25, -0.2) is 0 Å². The van der Waals surface area contributed by atoms with E-state index in [2.05, 4.69) is 35.0 Å². The topological polar surface area (TPSA) is 111 Å². The minimum Gasteiger partial charge on any atom is -0.305 e. The number of nitriles is 3. The van der Waals surface area contributed by atoms with Crippen LogP contribution in [0.2, 0.25) is 0 Å². The summed E-state index contributed by atoms with van der Waals surface area (Å²) >= 11 is 0. The van der Waals surface area contributed by atoms with Crippen molar-refractivity contribution in [2.75, 3.05) is 19.6 Å². The second kappa shape index (κ2) is 6.48. The van der Waals surface area contributed by atoms with Gasteiger partial charge < -0.3 is 5.41 Å². The smallest absolute Gasteiger partial charge is 0.189 e. The fourth-order valence-electron chi connectivity index (χ4n) is 4.06. The third-order valence-corrected chi connectivity index (χ3v) is 5.36. The van der Waals surface area contributed by atoms with Crippen molar-refractivity contribution in [2.24, 2.45) is 17.3 Å². The third kappa shape index (κ3) is 2.41. The van der Waals surface area contributed by atoms with Crippen molar-refractivity contribution >= 4 is 5.71 Å². The van der Waals surface area contributed by atoms with Crippen LogP contribution in [0.1, 0.15) is 18.4 Å². The lowest BCUT2D eigenvalue weighted by Gasteiger charge is -2.47. The van der Waals surface area contributed by atoms with Gasteiger partial charge >= 0.3 is 0 Å². The number of likely N-dealkylation sites (N-methyl/N-ethyl adjacent to an activating group) is 1. The van der Waals surface area contributed by atoms with Gasteiger partial charge in [-0.3, -0.25) is 9.88 Å². The molecule has 6 nitrogen and oxygen atoms in total. The molecule has 0 aromatic carbocycles. The molecule has 1 aromatic rings. The zero-order valence-electron chi connectivity index (χ0n) is 14.0. The zero-order chi connectivity index (χ0) is 18.0. The average Bonchev–Trinajstić information content (AvgIpc) is 2.67. The van der Waals surface area contributed by atoms with E-state index in [4.69, 9.17) is 5.41 Å². The normalized spacial score (nSPS) is 28.0. The van der Waals surface area contributed by atoms with Gasteiger partial charge in [0.1, 0.15) is 5.92 Å². The molecule has 1 fully saturated rings. The number of hydrogen-bond donors (Lipinski definition) is 1. The third-order valence-electron chi connectivity index (χ3n) is 5.36. The van der Waals surface area contributed by atoms with Crippen molar-refractivity contribution in [3.05, 3.63) is 41.7 Å². The van der Waals surface area contributed by atoms with Crippen LogP contribution in [0.3, 0.4) is 0 Å². The molecule has 1 aliphatic carbocycles. The Hall–Kier alpha value is -3.01. The van der Waals surface area contributed by atoms with Crippen LogP contribution < -0.4 is 0 Å². The van der Waals surface area contributed by atoms with Gasteiger partial charge in [-0.15, -0.1) is 0 Å². The summed E-state index contributed by atoms with van der Waals surface area (Å²) in [7, 11) is 0. The number of pyridine rings is 1. The second-order valence-corrected chi connectivity index (χ2v) is 6.43. The summed E-state index contributed by atoms with van der Waals surface area (Å²) in [5, 5.41) is 37.9. The first kappa shape index (κ1) is 16.8. The van der Waals surface area contributed by atoms with Crippen molar-refractivity contribution in [2.45, 2.75) is 12.8 Å². The van der Waals surface area contributed by atoms with Gasteiger partial charge in [0.15, 0.2) is 5.41 Å². The van der Waals surface area contributed by atoms with Gasteiger partial charge in [0.2, 0.25) is 0 Å². The summed E-state index contributed by atoms with van der Waals surface area (Å²) in [6.07, 6.45) is 5.31. The van der Waals surface area contributed by atoms with Crippen molar-refractivity contribution in [1.82, 2.24) is 9.88 Å². The summed E-state index contributed by atoms with van der Waals surface area (Å²) < 4.78 is 0. The lowest BCUT2D eigenvalue weighted by atomic mass is 9.54. The molecule has 1 saturated carbocycles. The average molecular weight is 330 g/mol. The number of hydrogen-bond acceptors (Lipinski definition) is 6. The molecule has 2 heterocycles. The predicted octanol–water partition coefficient (Wildman–Crippen LogP) is 2.25. The van der Waals surface area contributed by atoms with E-state index < -0.39 is 17.3 Å². The monoisotopic (exact) mass is 330 g/mol. The molecule has 2 aliphatic rings. The molecule has 0 bridgehead atoms. The quantitative estimate of drug-likeness (QED) is 0.836. The van der Waals surface area contributed by atoms with Gasteiger partial charge in [0.05, 0.1) is 23.9 Å². The maximum atomic E-state index is 9.89. The SMILES string of the molecule is CCN1CC=C2C(C#N)C(=N)C(C#N)(C#N)[C@@H](c3cccnc3)[C@@H]2C1. The zero-order valence-corrected chi connectivity index (χ0v) is 14.0. The lowest BCUT2D eigenvalue weighted by molar-refractivity contribution is 0.211. The van der Waals surface area contributed by atoms with Gasteiger partial charge in [0.25, 0.3) is 0 Å². The summed E-state index contributed by atoms with van der Waals surface area (Å²) in [6.45, 7) is 4.30. The first-order valence-electron chi connectivity index (χ1n) is 8.26. The van der Waals surface area contributed by atoms with Crippen LogP contribution in [0.5, 0.6) is 0 Å². The highest BCUT2D eigenvalue weighted by atomic mass is 15.1. The summed E-state index contributed by atoms with van der Waals surface area (Å²) in [5.41, 5.74) is -0.128. The molecule has 1 N–H and O–H groups in total. The Kier molecular flexibility index (Phi) is 4.36. The molecule has 3 atom stereocenters. The fourth-order valence-corrected chi connectivity index (χ4v) is 4.06. The second-order valence-electron chi connectivity index (χ2n) is 6.43. The van der Waals surface area contributed by atoms with E-state index in [9.17, 15) is 15.8 Å². The summed E-state index contributed by atoms with van der Waals surface area (Å²) in [6, 6.07) is 9.95. The Balaban J connectivity index is 2.24. The summed E-state index contributed by atoms with van der Waals surface area (Å²) in [5.74, 6) is -1.47. The van der Waals surface area contributed by atoms with Crippen LogP contribution >= 0.6 is 0 Å². The van der Waals surface area contributed by atoms with E-state index in [1.54, 1.807) is 18.5 Å². The molecule has 0 saturated heterocycles. The highest BCUT2D eigenvalue weighted by Crippen LogP contribution is 2.53. The maximum absolute atomic E-state index is 9.89. The lowest BCUT2D eigenvalue weighted by Crippen LogP contribution is -2.52. The summed E-state index contributed by atoms with van der Waals surface area (Å²) in [4.78, 5) is 6.37. The molecule has 0 amide bonds. The molecule has 1 aromatic heterocycles. The van der Waals surface area contributed by atoms with Crippen molar-refractivity contribution in [3.8, 4) is 18.2 Å². The predicted molar refractivity (Wildman–Crippen MR) is 91.2 cm³/mol. The van der Waals surface area contributed by atoms with Crippen LogP contribution in [-0.2, 0) is 0 Å².